The van der Waals surface area contributed by atoms with Gasteiger partial charge in [-0.1, -0.05) is 12.8 Å². The highest BCUT2D eigenvalue weighted by Gasteiger charge is 2.42. The van der Waals surface area contributed by atoms with Crippen LogP contribution in [0.5, 0.6) is 0 Å². The molecule has 0 unspecified atom stereocenters. The summed E-state index contributed by atoms with van der Waals surface area (Å²) in [6.45, 7) is 0. The van der Waals surface area contributed by atoms with E-state index in [0.29, 0.717) is 0 Å². The van der Waals surface area contributed by atoms with Crippen molar-refractivity contribution in [2.45, 2.75) is 43.9 Å². The topological polar surface area (TPSA) is 56.1 Å². The number of anilines is 1. The number of urea groups is 1. The van der Waals surface area contributed by atoms with Gasteiger partial charge in [0, 0.05) is 5.69 Å². The number of nitrogens with zero attached hydrogens (tertiary/aromatic N) is 2. The average molecular weight is 309 g/mol. The molecule has 116 valence electrons. The maximum Gasteiger partial charge on any atom is 0.417 e. The van der Waals surface area contributed by atoms with Crippen LogP contribution in [-0.2, 0) is 6.18 Å². The molecule has 1 saturated heterocycles. The summed E-state index contributed by atoms with van der Waals surface area (Å²) in [4.78, 5) is 13.5. The minimum Gasteiger partial charge on any atom is -0.333 e. The summed E-state index contributed by atoms with van der Waals surface area (Å²) in [7, 11) is 0. The van der Waals surface area contributed by atoms with E-state index >= 15 is 0 Å². The number of fused-ring (bicyclic) bond motifs is 1. The molecule has 22 heavy (non-hydrogen) atoms. The molecule has 2 fully saturated rings. The number of carbonyl (C=O) groups is 1. The van der Waals surface area contributed by atoms with Crippen molar-refractivity contribution in [3.8, 4) is 6.07 Å². The third kappa shape index (κ3) is 2.39. The molecular weight excluding hydrogens is 295 g/mol. The molecule has 1 aromatic rings. The van der Waals surface area contributed by atoms with Crippen LogP contribution in [0.4, 0.5) is 23.7 Å². The number of hydrogen-bond acceptors (Lipinski definition) is 2. The maximum absolute atomic E-state index is 13.1. The molecule has 0 radical (unpaired) electrons. The van der Waals surface area contributed by atoms with Crippen LogP contribution in [0.25, 0.3) is 0 Å². The molecule has 1 N–H and O–H groups in total. The SMILES string of the molecule is N#Cc1ccc(N2C(=O)N[C@H]3CCCC[C@@H]32)cc1C(F)(F)F. The quantitative estimate of drug-likeness (QED) is 0.864. The second-order valence-corrected chi connectivity index (χ2v) is 5.62. The first kappa shape index (κ1) is 14.7. The van der Waals surface area contributed by atoms with Crippen molar-refractivity contribution in [3.63, 3.8) is 0 Å². The van der Waals surface area contributed by atoms with Gasteiger partial charge in [-0.2, -0.15) is 18.4 Å². The molecule has 4 nitrogen and oxygen atoms in total. The zero-order valence-corrected chi connectivity index (χ0v) is 11.7. The summed E-state index contributed by atoms with van der Waals surface area (Å²) in [5.74, 6) is 0. The second-order valence-electron chi connectivity index (χ2n) is 5.62. The number of carbonyl (C=O) groups excluding carboxylic acids is 1. The summed E-state index contributed by atoms with van der Waals surface area (Å²) in [5, 5.41) is 11.7. The van der Waals surface area contributed by atoms with Crippen molar-refractivity contribution in [3.05, 3.63) is 29.3 Å². The summed E-state index contributed by atoms with van der Waals surface area (Å²) in [6, 6.07) is 4.49. The van der Waals surface area contributed by atoms with E-state index in [2.05, 4.69) is 5.32 Å². The zero-order chi connectivity index (χ0) is 15.9. The lowest BCUT2D eigenvalue weighted by Crippen LogP contribution is -2.39. The van der Waals surface area contributed by atoms with E-state index in [0.717, 1.165) is 37.8 Å². The summed E-state index contributed by atoms with van der Waals surface area (Å²) in [5.41, 5.74) is -1.24. The minimum atomic E-state index is -4.62. The van der Waals surface area contributed by atoms with Crippen molar-refractivity contribution in [1.82, 2.24) is 5.32 Å². The summed E-state index contributed by atoms with van der Waals surface area (Å²) in [6.07, 6.45) is -1.05. The monoisotopic (exact) mass is 309 g/mol. The van der Waals surface area contributed by atoms with Crippen molar-refractivity contribution in [1.29, 1.82) is 5.26 Å². The molecule has 0 spiro atoms. The highest BCUT2D eigenvalue weighted by atomic mass is 19.4. The van der Waals surface area contributed by atoms with E-state index in [9.17, 15) is 18.0 Å². The summed E-state index contributed by atoms with van der Waals surface area (Å²) < 4.78 is 39.2. The van der Waals surface area contributed by atoms with E-state index in [4.69, 9.17) is 5.26 Å². The molecule has 7 heteroatoms. The van der Waals surface area contributed by atoms with Gasteiger partial charge in [-0.25, -0.2) is 4.79 Å². The van der Waals surface area contributed by atoms with Crippen molar-refractivity contribution in [2.24, 2.45) is 0 Å². The first-order chi connectivity index (χ1) is 10.4. The Bertz CT molecular complexity index is 650. The molecule has 1 aliphatic heterocycles. The Labute approximate surface area is 125 Å². The first-order valence-electron chi connectivity index (χ1n) is 7.13. The number of rotatable bonds is 1. The molecule has 1 saturated carbocycles. The fourth-order valence-corrected chi connectivity index (χ4v) is 3.29. The number of alkyl halides is 3. The molecule has 2 aliphatic rings. The third-order valence-corrected chi connectivity index (χ3v) is 4.30. The van der Waals surface area contributed by atoms with Crippen LogP contribution in [0, 0.1) is 11.3 Å². The Morgan fingerprint density at radius 1 is 1.27 bits per heavy atom. The van der Waals surface area contributed by atoms with Gasteiger partial charge in [0.1, 0.15) is 0 Å². The van der Waals surface area contributed by atoms with E-state index in [-0.39, 0.29) is 23.8 Å². The fourth-order valence-electron chi connectivity index (χ4n) is 3.29. The van der Waals surface area contributed by atoms with Crippen molar-refractivity contribution >= 4 is 11.7 Å². The molecule has 2 atom stereocenters. The smallest absolute Gasteiger partial charge is 0.333 e. The second kappa shape index (κ2) is 5.20. The highest BCUT2D eigenvalue weighted by Crippen LogP contribution is 2.37. The lowest BCUT2D eigenvalue weighted by molar-refractivity contribution is -0.137. The number of amides is 2. The highest BCUT2D eigenvalue weighted by molar-refractivity contribution is 5.95. The van der Waals surface area contributed by atoms with Gasteiger partial charge in [-0.3, -0.25) is 4.90 Å². The number of nitriles is 1. The van der Waals surface area contributed by atoms with Crippen molar-refractivity contribution in [2.75, 3.05) is 4.90 Å². The number of nitrogens with one attached hydrogen (secondary N) is 1. The van der Waals surface area contributed by atoms with Crippen LogP contribution in [0.3, 0.4) is 0 Å². The van der Waals surface area contributed by atoms with E-state index in [1.807, 2.05) is 0 Å². The third-order valence-electron chi connectivity index (χ3n) is 4.30. The predicted octanol–water partition coefficient (Wildman–Crippen LogP) is 3.42. The Kier molecular flexibility index (Phi) is 3.47. The van der Waals surface area contributed by atoms with E-state index < -0.39 is 17.3 Å². The van der Waals surface area contributed by atoms with Gasteiger partial charge in [0.05, 0.1) is 29.3 Å². The van der Waals surface area contributed by atoms with Crippen molar-refractivity contribution < 1.29 is 18.0 Å². The lowest BCUT2D eigenvalue weighted by atomic mass is 9.90. The van der Waals surface area contributed by atoms with Crippen LogP contribution < -0.4 is 10.2 Å². The summed E-state index contributed by atoms with van der Waals surface area (Å²) >= 11 is 0. The molecular formula is C15H14F3N3O. The number of hydrogen-bond donors (Lipinski definition) is 1. The first-order valence-corrected chi connectivity index (χ1v) is 7.13. The van der Waals surface area contributed by atoms with Gasteiger partial charge >= 0.3 is 12.2 Å². The fraction of sp³-hybridized carbons (Fsp3) is 0.467. The number of benzene rings is 1. The average Bonchev–Trinajstić information content (AvgIpc) is 2.81. The Balaban J connectivity index is 2.01. The van der Waals surface area contributed by atoms with Gasteiger partial charge in [-0.05, 0) is 31.0 Å². The normalized spacial score (nSPS) is 24.6. The Morgan fingerprint density at radius 2 is 2.00 bits per heavy atom. The maximum atomic E-state index is 13.1. The molecule has 0 aromatic heterocycles. The van der Waals surface area contributed by atoms with Crippen LogP contribution in [0.2, 0.25) is 0 Å². The van der Waals surface area contributed by atoms with Crippen LogP contribution in [0.15, 0.2) is 18.2 Å². The van der Waals surface area contributed by atoms with Crippen LogP contribution in [0.1, 0.15) is 36.8 Å². The molecule has 2 amide bonds. The zero-order valence-electron chi connectivity index (χ0n) is 11.7. The van der Waals surface area contributed by atoms with Gasteiger partial charge in [0.2, 0.25) is 0 Å². The standard InChI is InChI=1S/C15H14F3N3O/c16-15(17,18)11-7-10(6-5-9(11)8-19)21-13-4-2-1-3-12(13)20-14(21)22/h5-7,12-13H,1-4H2,(H,20,22)/t12-,13-/m0/s1. The molecule has 1 aliphatic carbocycles. The lowest BCUT2D eigenvalue weighted by Gasteiger charge is -2.30. The molecule has 1 aromatic carbocycles. The van der Waals surface area contributed by atoms with Gasteiger partial charge in [0.15, 0.2) is 0 Å². The molecule has 1 heterocycles. The van der Waals surface area contributed by atoms with Crippen LogP contribution >= 0.6 is 0 Å². The van der Waals surface area contributed by atoms with Gasteiger partial charge in [-0.15, -0.1) is 0 Å². The molecule has 0 bridgehead atoms. The van der Waals surface area contributed by atoms with Gasteiger partial charge in [0.25, 0.3) is 0 Å². The Morgan fingerprint density at radius 3 is 2.68 bits per heavy atom. The van der Waals surface area contributed by atoms with Crippen LogP contribution in [-0.4, -0.2) is 18.1 Å². The van der Waals surface area contributed by atoms with Gasteiger partial charge < -0.3 is 5.32 Å². The largest absolute Gasteiger partial charge is 0.417 e. The van der Waals surface area contributed by atoms with E-state index in [1.165, 1.54) is 11.0 Å². The Hall–Kier alpha value is -2.23. The minimum absolute atomic E-state index is 0.00812. The van der Waals surface area contributed by atoms with E-state index in [1.54, 1.807) is 6.07 Å². The molecule has 3 rings (SSSR count). The number of halogens is 3. The predicted molar refractivity (Wildman–Crippen MR) is 73.2 cm³/mol.